The molecular weight excluding hydrogens is 383 g/mol. The first-order valence-corrected chi connectivity index (χ1v) is 9.26. The van der Waals surface area contributed by atoms with Crippen LogP contribution in [0.25, 0.3) is 0 Å². The zero-order chi connectivity index (χ0) is 18.8. The molecule has 1 aliphatic rings. The lowest BCUT2D eigenvalue weighted by Crippen LogP contribution is -2.36. The molecule has 4 rings (SSSR count). The Labute approximate surface area is 167 Å². The van der Waals surface area contributed by atoms with Gasteiger partial charge < -0.3 is 10.2 Å². The summed E-state index contributed by atoms with van der Waals surface area (Å²) >= 11 is 12.3. The van der Waals surface area contributed by atoms with Crippen molar-refractivity contribution in [1.29, 1.82) is 0 Å². The second kappa shape index (κ2) is 7.55. The molecule has 1 aromatic heterocycles. The number of aromatic nitrogens is 2. The van der Waals surface area contributed by atoms with Crippen molar-refractivity contribution in [3.8, 4) is 0 Å². The van der Waals surface area contributed by atoms with Crippen molar-refractivity contribution >= 4 is 40.7 Å². The van der Waals surface area contributed by atoms with Gasteiger partial charge in [-0.1, -0.05) is 53.5 Å². The molecule has 0 saturated carbocycles. The van der Waals surface area contributed by atoms with Gasteiger partial charge in [0.15, 0.2) is 0 Å². The van der Waals surface area contributed by atoms with Crippen molar-refractivity contribution in [2.75, 3.05) is 11.9 Å². The van der Waals surface area contributed by atoms with E-state index >= 15 is 0 Å². The Hall–Kier alpha value is -2.63. The molecule has 0 bridgehead atoms. The average molecular weight is 399 g/mol. The molecule has 0 spiro atoms. The molecule has 136 valence electrons. The first-order valence-electron chi connectivity index (χ1n) is 8.51. The number of benzene rings is 2. The van der Waals surface area contributed by atoms with E-state index in [1.165, 1.54) is 23.5 Å². The zero-order valence-corrected chi connectivity index (χ0v) is 15.8. The van der Waals surface area contributed by atoms with E-state index in [4.69, 9.17) is 23.2 Å². The van der Waals surface area contributed by atoms with Gasteiger partial charge in [0.1, 0.15) is 0 Å². The first kappa shape index (κ1) is 17.8. The highest BCUT2D eigenvalue weighted by atomic mass is 35.5. The fourth-order valence-electron chi connectivity index (χ4n) is 3.08. The lowest BCUT2D eigenvalue weighted by molar-refractivity contribution is 0.0734. The minimum absolute atomic E-state index is 0.0770. The third-order valence-electron chi connectivity index (χ3n) is 4.52. The van der Waals surface area contributed by atoms with Crippen molar-refractivity contribution < 1.29 is 4.79 Å². The summed E-state index contributed by atoms with van der Waals surface area (Å²) in [7, 11) is 0. The number of nitrogens with zero attached hydrogens (tertiary/aromatic N) is 3. The maximum absolute atomic E-state index is 12.8. The summed E-state index contributed by atoms with van der Waals surface area (Å²) < 4.78 is 0. The van der Waals surface area contributed by atoms with Gasteiger partial charge in [0.2, 0.25) is 5.95 Å². The molecular formula is C20H16Cl2N4O. The third-order valence-corrected chi connectivity index (χ3v) is 5.15. The Morgan fingerprint density at radius 2 is 1.63 bits per heavy atom. The van der Waals surface area contributed by atoms with Gasteiger partial charge in [-0.15, -0.1) is 0 Å². The van der Waals surface area contributed by atoms with E-state index in [2.05, 4.69) is 27.4 Å². The molecule has 2 heterocycles. The number of carbonyl (C=O) groups excluding carboxylic acids is 1. The van der Waals surface area contributed by atoms with Crippen LogP contribution in [0.15, 0.2) is 54.9 Å². The van der Waals surface area contributed by atoms with Crippen LogP contribution < -0.4 is 5.32 Å². The van der Waals surface area contributed by atoms with E-state index in [0.29, 0.717) is 40.3 Å². The van der Waals surface area contributed by atoms with E-state index in [9.17, 15) is 4.79 Å². The fraction of sp³-hybridized carbons (Fsp3) is 0.150. The number of para-hydroxylation sites is 1. The number of nitrogens with one attached hydrogen (secondary N) is 1. The number of anilines is 2. The summed E-state index contributed by atoms with van der Waals surface area (Å²) in [5.41, 5.74) is 3.47. The van der Waals surface area contributed by atoms with Gasteiger partial charge in [-0.05, 0) is 29.7 Å². The predicted octanol–water partition coefficient (Wildman–Crippen LogP) is 4.73. The monoisotopic (exact) mass is 398 g/mol. The molecule has 5 nitrogen and oxygen atoms in total. The van der Waals surface area contributed by atoms with Crippen LogP contribution in [-0.4, -0.2) is 27.3 Å². The molecule has 1 N–H and O–H groups in total. The predicted molar refractivity (Wildman–Crippen MR) is 107 cm³/mol. The SMILES string of the molecule is O=C(c1cnc(Nc2c(Cl)cccc2Cl)nc1)N1CCc2ccccc2C1. The van der Waals surface area contributed by atoms with Crippen LogP contribution in [0.4, 0.5) is 11.6 Å². The van der Waals surface area contributed by atoms with E-state index in [-0.39, 0.29) is 5.91 Å². The normalized spacial score (nSPS) is 13.2. The van der Waals surface area contributed by atoms with Gasteiger partial charge in [0.25, 0.3) is 5.91 Å². The smallest absolute Gasteiger partial charge is 0.257 e. The molecule has 0 unspecified atom stereocenters. The van der Waals surface area contributed by atoms with Gasteiger partial charge >= 0.3 is 0 Å². The lowest BCUT2D eigenvalue weighted by atomic mass is 9.99. The maximum Gasteiger partial charge on any atom is 0.257 e. The standard InChI is InChI=1S/C20H16Cl2N4O/c21-16-6-3-7-17(22)18(16)25-20-23-10-15(11-24-20)19(27)26-9-8-13-4-1-2-5-14(13)12-26/h1-7,10-11H,8-9,12H2,(H,23,24,25). The molecule has 0 aliphatic carbocycles. The molecule has 1 amide bonds. The molecule has 7 heteroatoms. The Kier molecular flexibility index (Phi) is 4.97. The highest BCUT2D eigenvalue weighted by molar-refractivity contribution is 6.39. The van der Waals surface area contributed by atoms with Crippen molar-refractivity contribution in [2.45, 2.75) is 13.0 Å². The highest BCUT2D eigenvalue weighted by Gasteiger charge is 2.22. The highest BCUT2D eigenvalue weighted by Crippen LogP contribution is 2.31. The summed E-state index contributed by atoms with van der Waals surface area (Å²) in [5, 5.41) is 3.93. The summed E-state index contributed by atoms with van der Waals surface area (Å²) in [6.45, 7) is 1.29. The Bertz CT molecular complexity index is 971. The quantitative estimate of drug-likeness (QED) is 0.692. The number of amides is 1. The van der Waals surface area contributed by atoms with Crippen LogP contribution in [0.1, 0.15) is 21.5 Å². The van der Waals surface area contributed by atoms with Gasteiger partial charge in [-0.25, -0.2) is 9.97 Å². The minimum atomic E-state index is -0.0770. The number of fused-ring (bicyclic) bond motifs is 1. The maximum atomic E-state index is 12.8. The summed E-state index contributed by atoms with van der Waals surface area (Å²) in [6, 6.07) is 13.4. The van der Waals surface area contributed by atoms with Gasteiger partial charge in [0, 0.05) is 25.5 Å². The summed E-state index contributed by atoms with van der Waals surface area (Å²) in [4.78, 5) is 23.0. The number of hydrogen-bond donors (Lipinski definition) is 1. The summed E-state index contributed by atoms with van der Waals surface area (Å²) in [6.07, 6.45) is 3.89. The van der Waals surface area contributed by atoms with Crippen molar-refractivity contribution in [3.05, 3.63) is 81.6 Å². The second-order valence-electron chi connectivity index (χ2n) is 6.26. The summed E-state index contributed by atoms with van der Waals surface area (Å²) in [5.74, 6) is 0.248. The topological polar surface area (TPSA) is 58.1 Å². The van der Waals surface area contributed by atoms with Crippen LogP contribution in [0.5, 0.6) is 0 Å². The van der Waals surface area contributed by atoms with E-state index in [1.807, 2.05) is 17.0 Å². The second-order valence-corrected chi connectivity index (χ2v) is 7.08. The molecule has 1 aliphatic heterocycles. The third kappa shape index (κ3) is 3.75. The lowest BCUT2D eigenvalue weighted by Gasteiger charge is -2.28. The number of carbonyl (C=O) groups is 1. The molecule has 0 saturated heterocycles. The van der Waals surface area contributed by atoms with Gasteiger partial charge in [0.05, 0.1) is 21.3 Å². The minimum Gasteiger partial charge on any atom is -0.334 e. The Balaban J connectivity index is 1.48. The van der Waals surface area contributed by atoms with E-state index in [0.717, 1.165) is 6.42 Å². The fourth-order valence-corrected chi connectivity index (χ4v) is 3.58. The average Bonchev–Trinajstić information content (AvgIpc) is 2.70. The molecule has 2 aromatic carbocycles. The van der Waals surface area contributed by atoms with Crippen molar-refractivity contribution in [3.63, 3.8) is 0 Å². The largest absolute Gasteiger partial charge is 0.334 e. The van der Waals surface area contributed by atoms with Crippen LogP contribution in [0, 0.1) is 0 Å². The zero-order valence-electron chi connectivity index (χ0n) is 14.3. The van der Waals surface area contributed by atoms with E-state index < -0.39 is 0 Å². The Morgan fingerprint density at radius 1 is 0.963 bits per heavy atom. The first-order chi connectivity index (χ1) is 13.1. The molecule has 27 heavy (non-hydrogen) atoms. The Morgan fingerprint density at radius 3 is 2.33 bits per heavy atom. The van der Waals surface area contributed by atoms with Crippen LogP contribution in [0.3, 0.4) is 0 Å². The number of halogens is 2. The molecule has 0 atom stereocenters. The van der Waals surface area contributed by atoms with Crippen LogP contribution >= 0.6 is 23.2 Å². The van der Waals surface area contributed by atoms with Crippen LogP contribution in [-0.2, 0) is 13.0 Å². The molecule has 3 aromatic rings. The van der Waals surface area contributed by atoms with Crippen molar-refractivity contribution in [2.24, 2.45) is 0 Å². The van der Waals surface area contributed by atoms with Gasteiger partial charge in [-0.2, -0.15) is 0 Å². The molecule has 0 radical (unpaired) electrons. The van der Waals surface area contributed by atoms with E-state index in [1.54, 1.807) is 18.2 Å². The molecule has 0 fully saturated rings. The number of rotatable bonds is 3. The van der Waals surface area contributed by atoms with Crippen LogP contribution in [0.2, 0.25) is 10.0 Å². The number of hydrogen-bond acceptors (Lipinski definition) is 4. The van der Waals surface area contributed by atoms with Crippen molar-refractivity contribution in [1.82, 2.24) is 14.9 Å². The van der Waals surface area contributed by atoms with Gasteiger partial charge in [-0.3, -0.25) is 4.79 Å².